The summed E-state index contributed by atoms with van der Waals surface area (Å²) in [5.41, 5.74) is 1.24. The van der Waals surface area contributed by atoms with Crippen molar-refractivity contribution in [3.05, 3.63) is 66.0 Å². The first-order valence-corrected chi connectivity index (χ1v) is 9.15. The van der Waals surface area contributed by atoms with E-state index in [1.807, 2.05) is 37.3 Å². The molecule has 1 N–H and O–H groups in total. The molecule has 0 saturated carbocycles. The molecule has 1 aliphatic rings. The predicted molar refractivity (Wildman–Crippen MR) is 103 cm³/mol. The number of ether oxygens (including phenoxy) is 1. The van der Waals surface area contributed by atoms with Crippen molar-refractivity contribution in [3.63, 3.8) is 0 Å². The second-order valence-electron chi connectivity index (χ2n) is 6.98. The van der Waals surface area contributed by atoms with Crippen LogP contribution in [0.2, 0.25) is 0 Å². The minimum atomic E-state index is -1.18. The molecule has 0 radical (unpaired) electrons. The van der Waals surface area contributed by atoms with Crippen LogP contribution in [0.1, 0.15) is 18.1 Å². The van der Waals surface area contributed by atoms with E-state index in [2.05, 4.69) is 20.8 Å². The van der Waals surface area contributed by atoms with E-state index in [4.69, 9.17) is 4.74 Å². The van der Waals surface area contributed by atoms with Crippen LogP contribution in [0.3, 0.4) is 0 Å². The number of tetrazole rings is 1. The van der Waals surface area contributed by atoms with Gasteiger partial charge in [0.15, 0.2) is 0 Å². The van der Waals surface area contributed by atoms with Crippen LogP contribution in [0.5, 0.6) is 5.75 Å². The van der Waals surface area contributed by atoms with Gasteiger partial charge in [-0.1, -0.05) is 24.3 Å². The number of nitrogens with zero attached hydrogens (tertiary/aromatic N) is 5. The fourth-order valence-corrected chi connectivity index (χ4v) is 3.29. The van der Waals surface area contributed by atoms with Crippen molar-refractivity contribution >= 4 is 11.9 Å². The molecule has 0 spiro atoms. The summed E-state index contributed by atoms with van der Waals surface area (Å²) in [7, 11) is 0. The summed E-state index contributed by atoms with van der Waals surface area (Å²) in [5, 5.41) is 13.9. The van der Waals surface area contributed by atoms with Crippen molar-refractivity contribution in [2.24, 2.45) is 0 Å². The average molecular weight is 392 g/mol. The van der Waals surface area contributed by atoms with Crippen molar-refractivity contribution in [3.8, 4) is 11.4 Å². The van der Waals surface area contributed by atoms with Gasteiger partial charge >= 0.3 is 6.03 Å². The fourth-order valence-electron chi connectivity index (χ4n) is 3.29. The Morgan fingerprint density at radius 1 is 1.14 bits per heavy atom. The molecule has 9 heteroatoms. The van der Waals surface area contributed by atoms with E-state index in [9.17, 15) is 9.59 Å². The van der Waals surface area contributed by atoms with E-state index < -0.39 is 11.6 Å². The van der Waals surface area contributed by atoms with Gasteiger partial charge in [0.2, 0.25) is 0 Å². The number of carbonyl (C=O) groups excluding carboxylic acids is 2. The number of rotatable bonds is 6. The van der Waals surface area contributed by atoms with Crippen molar-refractivity contribution in [1.82, 2.24) is 30.4 Å². The SMILES string of the molecule is Cc1cccc(OCCN2C(=O)N[C@@](C)(c3cccc(-n4cnnn4)c3)C2=O)c1. The van der Waals surface area contributed by atoms with E-state index in [-0.39, 0.29) is 19.1 Å². The third kappa shape index (κ3) is 3.54. The number of carbonyl (C=O) groups is 2. The summed E-state index contributed by atoms with van der Waals surface area (Å²) in [4.78, 5) is 26.7. The molecule has 1 atom stereocenters. The Bertz CT molecular complexity index is 1050. The number of nitrogens with one attached hydrogen (secondary N) is 1. The van der Waals surface area contributed by atoms with Crippen LogP contribution in [0.15, 0.2) is 54.9 Å². The molecular formula is C20H20N6O3. The smallest absolute Gasteiger partial charge is 0.325 e. The molecule has 4 rings (SSSR count). The highest BCUT2D eigenvalue weighted by Crippen LogP contribution is 2.29. The van der Waals surface area contributed by atoms with Crippen LogP contribution in [0.4, 0.5) is 4.79 Å². The number of amides is 3. The lowest BCUT2D eigenvalue weighted by molar-refractivity contribution is -0.131. The molecule has 2 aromatic carbocycles. The van der Waals surface area contributed by atoms with Crippen molar-refractivity contribution in [1.29, 1.82) is 0 Å². The zero-order valence-corrected chi connectivity index (χ0v) is 16.1. The summed E-state index contributed by atoms with van der Waals surface area (Å²) in [5.74, 6) is 0.373. The number of hydrogen-bond donors (Lipinski definition) is 1. The van der Waals surface area contributed by atoms with Gasteiger partial charge in [-0.3, -0.25) is 9.69 Å². The summed E-state index contributed by atoms with van der Waals surface area (Å²) in [6.45, 7) is 4.02. The molecule has 148 valence electrons. The molecule has 0 aliphatic carbocycles. The number of aromatic nitrogens is 4. The molecule has 3 amide bonds. The van der Waals surface area contributed by atoms with Crippen LogP contribution >= 0.6 is 0 Å². The zero-order chi connectivity index (χ0) is 20.4. The molecule has 9 nitrogen and oxygen atoms in total. The Labute approximate surface area is 167 Å². The fraction of sp³-hybridized carbons (Fsp3) is 0.250. The van der Waals surface area contributed by atoms with Crippen LogP contribution in [0, 0.1) is 6.92 Å². The Kier molecular flexibility index (Phi) is 4.71. The van der Waals surface area contributed by atoms with Gasteiger partial charge in [-0.2, -0.15) is 0 Å². The number of hydrogen-bond acceptors (Lipinski definition) is 6. The molecule has 3 aromatic rings. The van der Waals surface area contributed by atoms with Gasteiger partial charge in [-0.05, 0) is 59.7 Å². The first-order valence-electron chi connectivity index (χ1n) is 9.15. The molecule has 1 aromatic heterocycles. The van der Waals surface area contributed by atoms with Crippen LogP contribution in [0.25, 0.3) is 5.69 Å². The van der Waals surface area contributed by atoms with Gasteiger partial charge in [0.05, 0.1) is 12.2 Å². The van der Waals surface area contributed by atoms with E-state index in [0.717, 1.165) is 5.56 Å². The quantitative estimate of drug-likeness (QED) is 0.642. The molecule has 0 bridgehead atoms. The minimum Gasteiger partial charge on any atom is -0.492 e. The van der Waals surface area contributed by atoms with Crippen LogP contribution in [-0.2, 0) is 10.3 Å². The number of aryl methyl sites for hydroxylation is 1. The molecule has 1 aliphatic heterocycles. The monoisotopic (exact) mass is 392 g/mol. The normalized spacial score (nSPS) is 18.8. The standard InChI is InChI=1S/C20H20N6O3/c1-14-5-3-8-17(11-14)29-10-9-25-18(27)20(2,22-19(25)28)15-6-4-7-16(12-15)26-13-21-23-24-26/h3-8,11-13H,9-10H2,1-2H3,(H,22,28)/t20-/m0/s1. The second kappa shape index (κ2) is 7.34. The third-order valence-electron chi connectivity index (χ3n) is 4.89. The van der Waals surface area contributed by atoms with Crippen molar-refractivity contribution in [2.45, 2.75) is 19.4 Å². The second-order valence-corrected chi connectivity index (χ2v) is 6.98. The highest BCUT2D eigenvalue weighted by molar-refractivity contribution is 6.07. The van der Waals surface area contributed by atoms with Gasteiger partial charge in [-0.15, -0.1) is 5.10 Å². The first kappa shape index (κ1) is 18.6. The minimum absolute atomic E-state index is 0.154. The largest absolute Gasteiger partial charge is 0.492 e. The predicted octanol–water partition coefficient (Wildman–Crippen LogP) is 1.82. The van der Waals surface area contributed by atoms with Crippen molar-refractivity contribution in [2.75, 3.05) is 13.2 Å². The van der Waals surface area contributed by atoms with Gasteiger partial charge < -0.3 is 10.1 Å². The highest BCUT2D eigenvalue weighted by Gasteiger charge is 2.48. The van der Waals surface area contributed by atoms with Gasteiger partial charge in [0.1, 0.15) is 24.2 Å². The molecule has 29 heavy (non-hydrogen) atoms. The average Bonchev–Trinajstić information content (AvgIpc) is 3.32. The highest BCUT2D eigenvalue weighted by atomic mass is 16.5. The number of imide groups is 1. The Morgan fingerprint density at radius 2 is 1.97 bits per heavy atom. The molecule has 1 fully saturated rings. The lowest BCUT2D eigenvalue weighted by Gasteiger charge is -2.22. The van der Waals surface area contributed by atoms with Crippen molar-refractivity contribution < 1.29 is 14.3 Å². The van der Waals surface area contributed by atoms with E-state index >= 15 is 0 Å². The maximum absolute atomic E-state index is 13.1. The molecule has 2 heterocycles. The number of benzene rings is 2. The van der Waals surface area contributed by atoms with E-state index in [1.54, 1.807) is 25.1 Å². The summed E-state index contributed by atoms with van der Waals surface area (Å²) in [6.07, 6.45) is 1.46. The number of urea groups is 1. The summed E-state index contributed by atoms with van der Waals surface area (Å²) in [6, 6.07) is 14.3. The Hall–Kier alpha value is -3.75. The van der Waals surface area contributed by atoms with Gasteiger partial charge in [0.25, 0.3) is 5.91 Å². The first-order chi connectivity index (χ1) is 14.0. The summed E-state index contributed by atoms with van der Waals surface area (Å²) < 4.78 is 7.18. The maximum Gasteiger partial charge on any atom is 0.325 e. The third-order valence-corrected chi connectivity index (χ3v) is 4.89. The maximum atomic E-state index is 13.1. The van der Waals surface area contributed by atoms with Crippen LogP contribution < -0.4 is 10.1 Å². The van der Waals surface area contributed by atoms with Crippen LogP contribution in [-0.4, -0.2) is 50.2 Å². The molecule has 1 saturated heterocycles. The molecular weight excluding hydrogens is 372 g/mol. The zero-order valence-electron chi connectivity index (χ0n) is 16.1. The molecule has 0 unspecified atom stereocenters. The van der Waals surface area contributed by atoms with E-state index in [1.165, 1.54) is 15.9 Å². The lowest BCUT2D eigenvalue weighted by atomic mass is 9.91. The van der Waals surface area contributed by atoms with Gasteiger partial charge in [-0.25, -0.2) is 9.48 Å². The van der Waals surface area contributed by atoms with Gasteiger partial charge in [0, 0.05) is 0 Å². The Balaban J connectivity index is 1.49. The van der Waals surface area contributed by atoms with E-state index in [0.29, 0.717) is 17.0 Å². The summed E-state index contributed by atoms with van der Waals surface area (Å²) >= 11 is 0. The Morgan fingerprint density at radius 3 is 2.72 bits per heavy atom. The topological polar surface area (TPSA) is 102 Å². The lowest BCUT2D eigenvalue weighted by Crippen LogP contribution is -2.41.